The zero-order valence-electron chi connectivity index (χ0n) is 11.4. The zero-order valence-corrected chi connectivity index (χ0v) is 13.0. The molecule has 1 aromatic rings. The van der Waals surface area contributed by atoms with E-state index in [1.807, 2.05) is 25.7 Å². The Morgan fingerprint density at radius 3 is 2.32 bits per heavy atom. The fourth-order valence-corrected chi connectivity index (χ4v) is 2.54. The third-order valence-electron chi connectivity index (χ3n) is 2.96. The summed E-state index contributed by atoms with van der Waals surface area (Å²) >= 11 is 3.11. The Balaban J connectivity index is 3.23. The zero-order chi connectivity index (χ0) is 14.6. The monoisotopic (exact) mass is 337 g/mol. The quantitative estimate of drug-likeness (QED) is 0.665. The first kappa shape index (κ1) is 16.3. The number of halogens is 4. The van der Waals surface area contributed by atoms with Crippen molar-refractivity contribution in [1.29, 1.82) is 0 Å². The van der Waals surface area contributed by atoms with Gasteiger partial charge in [0.15, 0.2) is 0 Å². The Labute approximate surface area is 120 Å². The molecule has 0 radical (unpaired) electrons. The van der Waals surface area contributed by atoms with Crippen LogP contribution in [-0.2, 0) is 11.5 Å². The van der Waals surface area contributed by atoms with Crippen molar-refractivity contribution in [3.8, 4) is 0 Å². The van der Waals surface area contributed by atoms with Gasteiger partial charge in [-0.1, -0.05) is 28.9 Å². The average Bonchev–Trinajstić information content (AvgIpc) is 2.33. The second-order valence-electron chi connectivity index (χ2n) is 4.76. The molecule has 1 aromatic carbocycles. The van der Waals surface area contributed by atoms with Gasteiger partial charge >= 0.3 is 6.18 Å². The lowest BCUT2D eigenvalue weighted by Gasteiger charge is -2.29. The number of hydrogen-bond donors (Lipinski definition) is 0. The van der Waals surface area contributed by atoms with E-state index in [1.54, 1.807) is 12.1 Å². The smallest absolute Gasteiger partial charge is 0.369 e. The van der Waals surface area contributed by atoms with Crippen molar-refractivity contribution >= 4 is 21.6 Å². The molecule has 0 saturated heterocycles. The Hall–Kier alpha value is -0.710. The van der Waals surface area contributed by atoms with Gasteiger partial charge in [0.05, 0.1) is 5.56 Å². The number of nitrogens with zero attached hydrogens (tertiary/aromatic N) is 1. The minimum atomic E-state index is -4.31. The minimum absolute atomic E-state index is 0.177. The molecule has 0 fully saturated rings. The predicted octanol–water partition coefficient (Wildman–Crippen LogP) is 5.23. The van der Waals surface area contributed by atoms with E-state index in [4.69, 9.17) is 0 Å². The summed E-state index contributed by atoms with van der Waals surface area (Å²) in [7, 11) is 0. The van der Waals surface area contributed by atoms with E-state index in [1.165, 1.54) is 6.07 Å². The minimum Gasteiger partial charge on any atom is -0.369 e. The second kappa shape index (κ2) is 6.64. The maximum Gasteiger partial charge on any atom is 0.416 e. The number of hydrogen-bond acceptors (Lipinski definition) is 1. The molecule has 1 rings (SSSR count). The molecule has 5 heteroatoms. The number of alkyl halides is 4. The number of benzene rings is 1. The maximum absolute atomic E-state index is 13.0. The molecule has 0 unspecified atom stereocenters. The summed E-state index contributed by atoms with van der Waals surface area (Å²) < 4.78 is 39.1. The van der Waals surface area contributed by atoms with Gasteiger partial charge in [0.25, 0.3) is 0 Å². The van der Waals surface area contributed by atoms with Crippen LogP contribution in [0, 0.1) is 0 Å². The van der Waals surface area contributed by atoms with Gasteiger partial charge in [-0.15, -0.1) is 0 Å². The summed E-state index contributed by atoms with van der Waals surface area (Å²) in [6.07, 6.45) is -3.41. The van der Waals surface area contributed by atoms with E-state index in [0.29, 0.717) is 5.69 Å². The first-order valence-electron chi connectivity index (χ1n) is 6.34. The van der Waals surface area contributed by atoms with Gasteiger partial charge in [0.1, 0.15) is 0 Å². The van der Waals surface area contributed by atoms with E-state index < -0.39 is 11.7 Å². The number of rotatable bonds is 5. The fraction of sp³-hybridized carbons (Fsp3) is 0.571. The van der Waals surface area contributed by atoms with Crippen molar-refractivity contribution in [2.75, 3.05) is 11.4 Å². The van der Waals surface area contributed by atoms with Crippen LogP contribution in [-0.4, -0.2) is 12.6 Å². The normalized spacial score (nSPS) is 12.0. The van der Waals surface area contributed by atoms with Crippen LogP contribution in [0.2, 0.25) is 0 Å². The molecule has 0 saturated carbocycles. The molecular weight excluding hydrogens is 319 g/mol. The molecule has 0 spiro atoms. The predicted molar refractivity (Wildman–Crippen MR) is 76.8 cm³/mol. The highest BCUT2D eigenvalue weighted by molar-refractivity contribution is 9.08. The van der Waals surface area contributed by atoms with Crippen LogP contribution in [0.15, 0.2) is 18.2 Å². The molecule has 0 aliphatic heterocycles. The maximum atomic E-state index is 13.0. The van der Waals surface area contributed by atoms with Crippen LogP contribution >= 0.6 is 15.9 Å². The van der Waals surface area contributed by atoms with Gasteiger partial charge in [-0.05, 0) is 38.0 Å². The standard InChI is InChI=1S/C14H19BrF3N/c1-4-7-19(10(2)3)12-6-5-11(9-15)13(8-12)14(16,17)18/h5-6,8,10H,4,7,9H2,1-3H3. The summed E-state index contributed by atoms with van der Waals surface area (Å²) in [5.74, 6) is 0. The molecule has 108 valence electrons. The van der Waals surface area contributed by atoms with Crippen LogP contribution in [0.3, 0.4) is 0 Å². The van der Waals surface area contributed by atoms with Gasteiger partial charge in [0.2, 0.25) is 0 Å². The Bertz CT molecular complexity index is 416. The molecule has 0 N–H and O–H groups in total. The van der Waals surface area contributed by atoms with Crippen LogP contribution < -0.4 is 4.90 Å². The van der Waals surface area contributed by atoms with Gasteiger partial charge in [-0.25, -0.2) is 0 Å². The van der Waals surface area contributed by atoms with Crippen molar-refractivity contribution in [2.24, 2.45) is 0 Å². The summed E-state index contributed by atoms with van der Waals surface area (Å²) in [5, 5.41) is 0.206. The van der Waals surface area contributed by atoms with E-state index in [0.717, 1.165) is 13.0 Å². The third-order valence-corrected chi connectivity index (χ3v) is 3.57. The van der Waals surface area contributed by atoms with Gasteiger partial charge in [-0.3, -0.25) is 0 Å². The summed E-state index contributed by atoms with van der Waals surface area (Å²) in [5.41, 5.74) is 0.356. The van der Waals surface area contributed by atoms with E-state index >= 15 is 0 Å². The Morgan fingerprint density at radius 1 is 1.26 bits per heavy atom. The molecule has 0 atom stereocenters. The van der Waals surface area contributed by atoms with Gasteiger partial charge < -0.3 is 4.90 Å². The Morgan fingerprint density at radius 2 is 1.89 bits per heavy atom. The molecule has 0 aliphatic carbocycles. The van der Waals surface area contributed by atoms with Crippen LogP contribution in [0.5, 0.6) is 0 Å². The van der Waals surface area contributed by atoms with E-state index in [9.17, 15) is 13.2 Å². The molecule has 0 bridgehead atoms. The SMILES string of the molecule is CCCN(c1ccc(CBr)c(C(F)(F)F)c1)C(C)C. The lowest BCUT2D eigenvalue weighted by molar-refractivity contribution is -0.138. The first-order valence-corrected chi connectivity index (χ1v) is 7.46. The van der Waals surface area contributed by atoms with Crippen LogP contribution in [0.25, 0.3) is 0 Å². The van der Waals surface area contributed by atoms with Crippen molar-refractivity contribution in [2.45, 2.75) is 44.7 Å². The van der Waals surface area contributed by atoms with E-state index in [-0.39, 0.29) is 16.9 Å². The average molecular weight is 338 g/mol. The molecule has 0 heterocycles. The summed E-state index contributed by atoms with van der Waals surface area (Å²) in [6.45, 7) is 6.75. The van der Waals surface area contributed by atoms with Crippen LogP contribution in [0.4, 0.5) is 18.9 Å². The molecule has 0 aliphatic rings. The van der Waals surface area contributed by atoms with Crippen LogP contribution in [0.1, 0.15) is 38.3 Å². The van der Waals surface area contributed by atoms with Crippen molar-refractivity contribution in [1.82, 2.24) is 0 Å². The summed E-state index contributed by atoms with van der Waals surface area (Å²) in [4.78, 5) is 1.99. The highest BCUT2D eigenvalue weighted by Crippen LogP contribution is 2.35. The molecular formula is C14H19BrF3N. The van der Waals surface area contributed by atoms with E-state index in [2.05, 4.69) is 15.9 Å². The topological polar surface area (TPSA) is 3.24 Å². The van der Waals surface area contributed by atoms with Crippen molar-refractivity contribution < 1.29 is 13.2 Å². The van der Waals surface area contributed by atoms with Gasteiger partial charge in [-0.2, -0.15) is 13.2 Å². The lowest BCUT2D eigenvalue weighted by atomic mass is 10.1. The summed E-state index contributed by atoms with van der Waals surface area (Å²) in [6, 6.07) is 4.75. The molecule has 19 heavy (non-hydrogen) atoms. The third kappa shape index (κ3) is 4.13. The highest BCUT2D eigenvalue weighted by Gasteiger charge is 2.33. The van der Waals surface area contributed by atoms with Crippen molar-refractivity contribution in [3.05, 3.63) is 29.3 Å². The largest absolute Gasteiger partial charge is 0.416 e. The lowest BCUT2D eigenvalue weighted by Crippen LogP contribution is -2.31. The second-order valence-corrected chi connectivity index (χ2v) is 5.32. The van der Waals surface area contributed by atoms with Crippen molar-refractivity contribution in [3.63, 3.8) is 0 Å². The Kier molecular flexibility index (Phi) is 5.71. The fourth-order valence-electron chi connectivity index (χ4n) is 2.05. The molecule has 0 aromatic heterocycles. The number of anilines is 1. The molecule has 1 nitrogen and oxygen atoms in total. The first-order chi connectivity index (χ1) is 8.81. The molecule has 0 amide bonds. The highest BCUT2D eigenvalue weighted by atomic mass is 79.9. The van der Waals surface area contributed by atoms with Gasteiger partial charge in [0, 0.05) is 23.6 Å².